The smallest absolute Gasteiger partial charge is 0.231 e. The fourth-order valence-electron chi connectivity index (χ4n) is 6.05. The number of hydrogen-bond donors (Lipinski definition) is 0. The van der Waals surface area contributed by atoms with Gasteiger partial charge in [-0.3, -0.25) is 0 Å². The lowest BCUT2D eigenvalue weighted by molar-refractivity contribution is -0.693. The Morgan fingerprint density at radius 1 is 0.816 bits per heavy atom. The molecule has 0 bridgehead atoms. The number of unbranched alkanes of at least 4 members (excludes halogenated alkanes) is 9. The standard InChI is InChI=1S/C32H42NO4.ClH/c1-4-5-6-7-8-9-10-11-12-13-14-26-31-24(15-16-28(34-2)32(31)35-3)19-27-25-21-30-29(36-22-37-30)20-23(25)17-18-33(26)27;/h15-16,19-21H,4-14,17-18,22H2,1-3H3;1H/q+1;/p-1. The topological polar surface area (TPSA) is 40.8 Å². The zero-order valence-electron chi connectivity index (χ0n) is 23.2. The van der Waals surface area contributed by atoms with Crippen LogP contribution in [0.3, 0.4) is 0 Å². The number of methoxy groups -OCH3 is 2. The molecule has 5 rings (SSSR count). The van der Waals surface area contributed by atoms with Crippen molar-refractivity contribution in [3.05, 3.63) is 41.6 Å². The lowest BCUT2D eigenvalue weighted by Crippen LogP contribution is -3.00. The first-order valence-corrected chi connectivity index (χ1v) is 14.3. The summed E-state index contributed by atoms with van der Waals surface area (Å²) in [5.74, 6) is 3.34. The van der Waals surface area contributed by atoms with Crippen LogP contribution in [0.25, 0.3) is 22.0 Å². The van der Waals surface area contributed by atoms with Crippen LogP contribution in [0.4, 0.5) is 0 Å². The highest BCUT2D eigenvalue weighted by molar-refractivity contribution is 5.94. The van der Waals surface area contributed by atoms with Crippen molar-refractivity contribution in [2.45, 2.75) is 90.5 Å². The van der Waals surface area contributed by atoms with E-state index < -0.39 is 0 Å². The molecule has 206 valence electrons. The summed E-state index contributed by atoms with van der Waals surface area (Å²) in [6.07, 6.45) is 15.4. The molecule has 0 saturated carbocycles. The highest BCUT2D eigenvalue weighted by Gasteiger charge is 2.32. The average Bonchev–Trinajstić information content (AvgIpc) is 3.39. The summed E-state index contributed by atoms with van der Waals surface area (Å²) in [5, 5.41) is 2.38. The molecule has 0 amide bonds. The molecule has 2 aliphatic rings. The van der Waals surface area contributed by atoms with Gasteiger partial charge in [0.2, 0.25) is 12.5 Å². The van der Waals surface area contributed by atoms with E-state index in [9.17, 15) is 0 Å². The number of benzene rings is 2. The molecule has 6 heteroatoms. The Balaban J connectivity index is 0.00000336. The Bertz CT molecular complexity index is 1240. The van der Waals surface area contributed by atoms with Gasteiger partial charge in [-0.15, -0.1) is 0 Å². The first-order chi connectivity index (χ1) is 18.2. The van der Waals surface area contributed by atoms with Gasteiger partial charge in [0.25, 0.3) is 0 Å². The summed E-state index contributed by atoms with van der Waals surface area (Å²) < 4.78 is 25.5. The molecule has 0 spiro atoms. The number of aromatic nitrogens is 1. The van der Waals surface area contributed by atoms with Gasteiger partial charge in [-0.25, -0.2) is 0 Å². The molecule has 3 aromatic rings. The molecule has 2 aromatic carbocycles. The third-order valence-corrected chi connectivity index (χ3v) is 8.02. The van der Waals surface area contributed by atoms with Crippen molar-refractivity contribution in [2.75, 3.05) is 21.0 Å². The van der Waals surface area contributed by atoms with Crippen molar-refractivity contribution in [3.63, 3.8) is 0 Å². The number of halogens is 1. The lowest BCUT2D eigenvalue weighted by atomic mass is 9.92. The monoisotopic (exact) mass is 539 g/mol. The molecular weight excluding hydrogens is 498 g/mol. The SMILES string of the molecule is CCCCCCCCCCCCc1c2c(OC)c(OC)ccc2cc2[n+]1CCc1cc3c(cc1-2)OCO3.[Cl-]. The summed E-state index contributed by atoms with van der Waals surface area (Å²) in [6.45, 7) is 3.54. The van der Waals surface area contributed by atoms with Crippen LogP contribution in [-0.4, -0.2) is 21.0 Å². The maximum atomic E-state index is 5.94. The predicted octanol–water partition coefficient (Wildman–Crippen LogP) is 4.56. The summed E-state index contributed by atoms with van der Waals surface area (Å²) in [5.41, 5.74) is 5.18. The number of hydrogen-bond acceptors (Lipinski definition) is 4. The Labute approximate surface area is 233 Å². The first-order valence-electron chi connectivity index (χ1n) is 14.3. The second kappa shape index (κ2) is 13.4. The number of rotatable bonds is 13. The molecule has 1 aromatic heterocycles. The minimum absolute atomic E-state index is 0. The van der Waals surface area contributed by atoms with Crippen molar-refractivity contribution in [2.24, 2.45) is 0 Å². The fraction of sp³-hybridized carbons (Fsp3) is 0.531. The van der Waals surface area contributed by atoms with Gasteiger partial charge >= 0.3 is 0 Å². The normalized spacial score (nSPS) is 13.1. The molecule has 0 saturated heterocycles. The van der Waals surface area contributed by atoms with E-state index in [-0.39, 0.29) is 12.4 Å². The Hall–Kier alpha value is -2.66. The van der Waals surface area contributed by atoms with Crippen molar-refractivity contribution in [1.29, 1.82) is 0 Å². The maximum absolute atomic E-state index is 5.94. The third-order valence-electron chi connectivity index (χ3n) is 8.02. The minimum Gasteiger partial charge on any atom is -1.00 e. The van der Waals surface area contributed by atoms with Gasteiger partial charge in [0, 0.05) is 18.9 Å². The van der Waals surface area contributed by atoms with E-state index in [1.807, 2.05) is 6.07 Å². The van der Waals surface area contributed by atoms with Crippen LogP contribution >= 0.6 is 0 Å². The van der Waals surface area contributed by atoms with Crippen LogP contribution in [0.15, 0.2) is 30.3 Å². The molecule has 0 unspecified atom stereocenters. The number of fused-ring (bicyclic) bond motifs is 5. The number of ether oxygens (including phenoxy) is 4. The van der Waals surface area contributed by atoms with Gasteiger partial charge in [-0.1, -0.05) is 64.7 Å². The molecule has 2 aliphatic heterocycles. The van der Waals surface area contributed by atoms with Gasteiger partial charge in [0.15, 0.2) is 35.2 Å². The Kier molecular flexibility index (Phi) is 10.0. The van der Waals surface area contributed by atoms with Gasteiger partial charge in [0.1, 0.15) is 0 Å². The van der Waals surface area contributed by atoms with E-state index in [0.29, 0.717) is 6.79 Å². The minimum atomic E-state index is 0. The van der Waals surface area contributed by atoms with Crippen LogP contribution in [0.2, 0.25) is 0 Å². The quantitative estimate of drug-likeness (QED) is 0.236. The van der Waals surface area contributed by atoms with E-state index in [2.05, 4.69) is 35.8 Å². The Morgan fingerprint density at radius 3 is 2.18 bits per heavy atom. The second-order valence-electron chi connectivity index (χ2n) is 10.4. The van der Waals surface area contributed by atoms with Gasteiger partial charge < -0.3 is 31.4 Å². The zero-order chi connectivity index (χ0) is 25.6. The van der Waals surface area contributed by atoms with E-state index in [1.165, 1.54) is 97.5 Å². The highest BCUT2D eigenvalue weighted by Crippen LogP contribution is 2.43. The van der Waals surface area contributed by atoms with Crippen molar-refractivity contribution >= 4 is 10.8 Å². The van der Waals surface area contributed by atoms with Crippen LogP contribution in [-0.2, 0) is 19.4 Å². The molecule has 0 atom stereocenters. The predicted molar refractivity (Wildman–Crippen MR) is 148 cm³/mol. The summed E-state index contributed by atoms with van der Waals surface area (Å²) >= 11 is 0. The van der Waals surface area contributed by atoms with Crippen molar-refractivity contribution in [1.82, 2.24) is 0 Å². The fourth-order valence-corrected chi connectivity index (χ4v) is 6.05. The average molecular weight is 540 g/mol. The number of aryl methyl sites for hydroxylation is 2. The highest BCUT2D eigenvalue weighted by atomic mass is 35.5. The van der Waals surface area contributed by atoms with Crippen LogP contribution in [0.5, 0.6) is 23.0 Å². The Morgan fingerprint density at radius 2 is 1.50 bits per heavy atom. The number of nitrogens with zero attached hydrogens (tertiary/aromatic N) is 1. The van der Waals surface area contributed by atoms with Gasteiger partial charge in [-0.2, -0.15) is 4.57 Å². The summed E-state index contributed by atoms with van der Waals surface area (Å²) in [7, 11) is 3.47. The molecule has 0 N–H and O–H groups in total. The second-order valence-corrected chi connectivity index (χ2v) is 10.4. The van der Waals surface area contributed by atoms with E-state index >= 15 is 0 Å². The summed E-state index contributed by atoms with van der Waals surface area (Å²) in [6, 6.07) is 10.8. The summed E-state index contributed by atoms with van der Waals surface area (Å²) in [4.78, 5) is 0. The van der Waals surface area contributed by atoms with E-state index in [0.717, 1.165) is 42.4 Å². The van der Waals surface area contributed by atoms with Crippen molar-refractivity contribution in [3.8, 4) is 34.3 Å². The molecule has 0 fully saturated rings. The molecule has 5 nitrogen and oxygen atoms in total. The van der Waals surface area contributed by atoms with Crippen LogP contribution < -0.4 is 35.9 Å². The molecule has 3 heterocycles. The lowest BCUT2D eigenvalue weighted by Gasteiger charge is -2.20. The molecular formula is C32H42ClNO4. The first kappa shape index (κ1) is 28.4. The van der Waals surface area contributed by atoms with E-state index in [1.54, 1.807) is 14.2 Å². The molecule has 0 radical (unpaired) electrons. The molecule has 0 aliphatic carbocycles. The van der Waals surface area contributed by atoms with Gasteiger partial charge in [-0.05, 0) is 41.6 Å². The molecule has 38 heavy (non-hydrogen) atoms. The van der Waals surface area contributed by atoms with E-state index in [4.69, 9.17) is 18.9 Å². The van der Waals surface area contributed by atoms with Crippen LogP contribution in [0.1, 0.15) is 82.4 Å². The number of pyridine rings is 1. The van der Waals surface area contributed by atoms with Gasteiger partial charge in [0.05, 0.1) is 25.2 Å². The van der Waals surface area contributed by atoms with Crippen LogP contribution in [0, 0.1) is 0 Å². The largest absolute Gasteiger partial charge is 1.00 e. The maximum Gasteiger partial charge on any atom is 0.231 e. The third kappa shape index (κ3) is 5.83. The zero-order valence-corrected chi connectivity index (χ0v) is 24.0. The van der Waals surface area contributed by atoms with Crippen molar-refractivity contribution < 1.29 is 35.9 Å².